The highest BCUT2D eigenvalue weighted by molar-refractivity contribution is 9.10. The maximum absolute atomic E-state index is 13.8. The van der Waals surface area contributed by atoms with Crippen molar-refractivity contribution in [1.82, 2.24) is 0 Å². The standard InChI is InChI=1S/C29H35BrN2O/c1-19(2)23-12-16-25(17-13-23)32(18-22-10-14-24(30)15-11-22)29(33)31-28-26(20(3)4)8-7-9-27(28)21(5)6/h7-17,19-21H,18H2,1-6H3,(H,31,33). The molecule has 33 heavy (non-hydrogen) atoms. The Bertz CT molecular complexity index is 1040. The average molecular weight is 508 g/mol. The van der Waals surface area contributed by atoms with Crippen molar-refractivity contribution in [3.8, 4) is 0 Å². The van der Waals surface area contributed by atoms with Gasteiger partial charge < -0.3 is 5.32 Å². The number of carbonyl (C=O) groups excluding carboxylic acids is 1. The smallest absolute Gasteiger partial charge is 0.307 e. The number of benzene rings is 3. The van der Waals surface area contributed by atoms with Crippen molar-refractivity contribution < 1.29 is 4.79 Å². The lowest BCUT2D eigenvalue weighted by Crippen LogP contribution is -2.35. The predicted molar refractivity (Wildman–Crippen MR) is 144 cm³/mol. The van der Waals surface area contributed by atoms with E-state index < -0.39 is 0 Å². The van der Waals surface area contributed by atoms with Crippen molar-refractivity contribution in [2.45, 2.75) is 65.8 Å². The van der Waals surface area contributed by atoms with Crippen molar-refractivity contribution >= 4 is 33.3 Å². The SMILES string of the molecule is CC(C)c1ccc(N(Cc2ccc(Br)cc2)C(=O)Nc2c(C(C)C)cccc2C(C)C)cc1. The van der Waals surface area contributed by atoms with Gasteiger partial charge in [-0.05, 0) is 64.3 Å². The van der Waals surface area contributed by atoms with E-state index in [9.17, 15) is 4.79 Å². The number of para-hydroxylation sites is 1. The Balaban J connectivity index is 2.00. The summed E-state index contributed by atoms with van der Waals surface area (Å²) in [5, 5.41) is 3.29. The van der Waals surface area contributed by atoms with E-state index in [-0.39, 0.29) is 6.03 Å². The zero-order valence-corrected chi connectivity index (χ0v) is 22.1. The molecule has 0 radical (unpaired) electrons. The summed E-state index contributed by atoms with van der Waals surface area (Å²) in [6, 6.07) is 22.6. The zero-order valence-electron chi connectivity index (χ0n) is 20.5. The lowest BCUT2D eigenvalue weighted by atomic mass is 9.93. The number of nitrogens with zero attached hydrogens (tertiary/aromatic N) is 1. The molecule has 3 nitrogen and oxygen atoms in total. The number of hydrogen-bond acceptors (Lipinski definition) is 1. The second-order valence-corrected chi connectivity index (χ2v) is 10.4. The van der Waals surface area contributed by atoms with E-state index in [0.717, 1.165) is 32.5 Å². The third-order valence-corrected chi connectivity index (χ3v) is 6.50. The van der Waals surface area contributed by atoms with Gasteiger partial charge in [-0.2, -0.15) is 0 Å². The second kappa shape index (κ2) is 11.0. The molecule has 0 heterocycles. The first-order valence-electron chi connectivity index (χ1n) is 11.7. The lowest BCUT2D eigenvalue weighted by molar-refractivity contribution is 0.256. The van der Waals surface area contributed by atoms with Gasteiger partial charge in [0.1, 0.15) is 0 Å². The van der Waals surface area contributed by atoms with Crippen LogP contribution >= 0.6 is 15.9 Å². The summed E-state index contributed by atoms with van der Waals surface area (Å²) in [7, 11) is 0. The van der Waals surface area contributed by atoms with Crippen LogP contribution in [0, 0.1) is 0 Å². The Morgan fingerprint density at radius 1 is 0.788 bits per heavy atom. The molecule has 0 aromatic heterocycles. The minimum Gasteiger partial charge on any atom is -0.307 e. The average Bonchev–Trinajstić information content (AvgIpc) is 2.78. The van der Waals surface area contributed by atoms with Crippen molar-refractivity contribution in [3.05, 3.63) is 93.5 Å². The van der Waals surface area contributed by atoms with Crippen LogP contribution in [0.3, 0.4) is 0 Å². The van der Waals surface area contributed by atoms with Crippen molar-refractivity contribution in [2.75, 3.05) is 10.2 Å². The minimum atomic E-state index is -0.120. The van der Waals surface area contributed by atoms with Gasteiger partial charge in [0.15, 0.2) is 0 Å². The number of nitrogens with one attached hydrogen (secondary N) is 1. The van der Waals surface area contributed by atoms with E-state index in [4.69, 9.17) is 0 Å². The Labute approximate surface area is 207 Å². The second-order valence-electron chi connectivity index (χ2n) is 9.51. The molecule has 0 saturated heterocycles. The molecule has 3 rings (SSSR count). The summed E-state index contributed by atoms with van der Waals surface area (Å²) in [5.74, 6) is 1.06. The van der Waals surface area contributed by atoms with Crippen molar-refractivity contribution in [2.24, 2.45) is 0 Å². The summed E-state index contributed by atoms with van der Waals surface area (Å²) in [5.41, 5.74) is 6.47. The number of anilines is 2. The van der Waals surface area contributed by atoms with Gasteiger partial charge in [-0.25, -0.2) is 4.79 Å². The normalized spacial score (nSPS) is 11.3. The van der Waals surface area contributed by atoms with E-state index in [2.05, 4.69) is 105 Å². The van der Waals surface area contributed by atoms with E-state index in [1.54, 1.807) is 0 Å². The first-order valence-corrected chi connectivity index (χ1v) is 12.5. The molecule has 4 heteroatoms. The molecule has 1 N–H and O–H groups in total. The third-order valence-electron chi connectivity index (χ3n) is 5.98. The van der Waals surface area contributed by atoms with Crippen LogP contribution in [0.5, 0.6) is 0 Å². The fourth-order valence-corrected chi connectivity index (χ4v) is 4.23. The topological polar surface area (TPSA) is 32.3 Å². The molecule has 0 spiro atoms. The highest BCUT2D eigenvalue weighted by atomic mass is 79.9. The summed E-state index contributed by atoms with van der Waals surface area (Å²) >= 11 is 3.50. The predicted octanol–water partition coefficient (Wildman–Crippen LogP) is 9.06. The minimum absolute atomic E-state index is 0.120. The highest BCUT2D eigenvalue weighted by Crippen LogP contribution is 2.33. The van der Waals surface area contributed by atoms with Crippen LogP contribution in [0.2, 0.25) is 0 Å². The van der Waals surface area contributed by atoms with Crippen LogP contribution in [0.1, 0.15) is 81.5 Å². The Hall–Kier alpha value is -2.59. The molecule has 3 aromatic rings. The van der Waals surface area contributed by atoms with E-state index in [1.165, 1.54) is 5.56 Å². The number of carbonyl (C=O) groups is 1. The maximum Gasteiger partial charge on any atom is 0.326 e. The lowest BCUT2D eigenvalue weighted by Gasteiger charge is -2.27. The molecular weight excluding hydrogens is 472 g/mol. The monoisotopic (exact) mass is 506 g/mol. The molecule has 0 fully saturated rings. The highest BCUT2D eigenvalue weighted by Gasteiger charge is 2.21. The van der Waals surface area contributed by atoms with E-state index in [0.29, 0.717) is 24.3 Å². The molecule has 0 atom stereocenters. The number of halogens is 1. The van der Waals surface area contributed by atoms with Crippen LogP contribution in [0.25, 0.3) is 0 Å². The van der Waals surface area contributed by atoms with Crippen molar-refractivity contribution in [1.29, 1.82) is 0 Å². The fraction of sp³-hybridized carbons (Fsp3) is 0.345. The molecule has 3 aromatic carbocycles. The Morgan fingerprint density at radius 3 is 1.82 bits per heavy atom. The molecule has 0 unspecified atom stereocenters. The Kier molecular flexibility index (Phi) is 8.36. The zero-order chi connectivity index (χ0) is 24.1. The quantitative estimate of drug-likeness (QED) is 0.340. The molecule has 0 bridgehead atoms. The summed E-state index contributed by atoms with van der Waals surface area (Å²) in [6.07, 6.45) is 0. The molecule has 174 valence electrons. The van der Waals surface area contributed by atoms with Crippen LogP contribution < -0.4 is 10.2 Å². The van der Waals surface area contributed by atoms with Crippen LogP contribution in [-0.2, 0) is 6.54 Å². The van der Waals surface area contributed by atoms with Gasteiger partial charge in [0, 0.05) is 15.8 Å². The van der Waals surface area contributed by atoms with Gasteiger partial charge in [0.05, 0.1) is 6.54 Å². The third kappa shape index (κ3) is 6.26. The van der Waals surface area contributed by atoms with Crippen LogP contribution in [-0.4, -0.2) is 6.03 Å². The largest absolute Gasteiger partial charge is 0.326 e. The molecule has 0 aliphatic heterocycles. The number of urea groups is 1. The van der Waals surface area contributed by atoms with E-state index in [1.807, 2.05) is 29.2 Å². The van der Waals surface area contributed by atoms with Gasteiger partial charge in [-0.15, -0.1) is 0 Å². The van der Waals surface area contributed by atoms with Gasteiger partial charge in [-0.3, -0.25) is 4.90 Å². The van der Waals surface area contributed by atoms with Crippen molar-refractivity contribution in [3.63, 3.8) is 0 Å². The van der Waals surface area contributed by atoms with Gasteiger partial charge >= 0.3 is 6.03 Å². The van der Waals surface area contributed by atoms with Gasteiger partial charge in [0.25, 0.3) is 0 Å². The summed E-state index contributed by atoms with van der Waals surface area (Å²) < 4.78 is 1.02. The van der Waals surface area contributed by atoms with Gasteiger partial charge in [-0.1, -0.05) is 99.9 Å². The molecule has 0 aliphatic rings. The summed E-state index contributed by atoms with van der Waals surface area (Å²) in [6.45, 7) is 13.5. The fourth-order valence-electron chi connectivity index (χ4n) is 3.96. The first-order chi connectivity index (χ1) is 15.7. The number of amides is 2. The first kappa shape index (κ1) is 25.0. The van der Waals surface area contributed by atoms with Crippen LogP contribution in [0.4, 0.5) is 16.2 Å². The molecule has 2 amide bonds. The summed E-state index contributed by atoms with van der Waals surface area (Å²) in [4.78, 5) is 15.6. The van der Waals surface area contributed by atoms with Gasteiger partial charge in [0.2, 0.25) is 0 Å². The Morgan fingerprint density at radius 2 is 1.33 bits per heavy atom. The number of hydrogen-bond donors (Lipinski definition) is 1. The molecule has 0 aliphatic carbocycles. The molecular formula is C29H35BrN2O. The number of rotatable bonds is 7. The maximum atomic E-state index is 13.8. The molecule has 0 saturated carbocycles. The van der Waals surface area contributed by atoms with E-state index >= 15 is 0 Å². The van der Waals surface area contributed by atoms with Crippen LogP contribution in [0.15, 0.2) is 71.2 Å².